The van der Waals surface area contributed by atoms with Gasteiger partial charge in [-0.2, -0.15) is 5.10 Å². The van der Waals surface area contributed by atoms with Crippen molar-refractivity contribution in [3.8, 4) is 5.69 Å². The van der Waals surface area contributed by atoms with E-state index in [4.69, 9.17) is 0 Å². The number of halogens is 2. The largest absolute Gasteiger partial charge is 0.323 e. The van der Waals surface area contributed by atoms with E-state index in [1.165, 1.54) is 22.5 Å². The molecule has 0 bridgehead atoms. The molecular weight excluding hydrogens is 448 g/mol. The summed E-state index contributed by atoms with van der Waals surface area (Å²) >= 11 is 1.37. The first-order valence-corrected chi connectivity index (χ1v) is 11.3. The van der Waals surface area contributed by atoms with Crippen LogP contribution in [0.1, 0.15) is 23.6 Å². The number of aryl methyl sites for hydroxylation is 2. The molecule has 0 radical (unpaired) electrons. The first-order valence-electron chi connectivity index (χ1n) is 10.3. The van der Waals surface area contributed by atoms with Gasteiger partial charge in [0.15, 0.2) is 10.8 Å². The molecule has 1 aliphatic rings. The summed E-state index contributed by atoms with van der Waals surface area (Å²) in [6.07, 6.45) is 1.41. The molecule has 0 saturated heterocycles. The van der Waals surface area contributed by atoms with Crippen LogP contribution in [-0.2, 0) is 4.79 Å². The highest BCUT2D eigenvalue weighted by Gasteiger charge is 2.30. The van der Waals surface area contributed by atoms with Crippen molar-refractivity contribution >= 4 is 34.4 Å². The lowest BCUT2D eigenvalue weighted by Crippen LogP contribution is -2.28. The molecule has 2 aromatic carbocycles. The molecule has 5 rings (SSSR count). The van der Waals surface area contributed by atoms with Gasteiger partial charge in [0.2, 0.25) is 5.91 Å². The van der Waals surface area contributed by atoms with Gasteiger partial charge < -0.3 is 5.32 Å². The standard InChI is InChI=1S/C23H19F2N5O2S/c1-12-3-5-15(7-13(12)2)30-21-17(10-26-30)22(32)29-16(11-33-23(29)28-21)9-20(31)27-19-8-14(24)4-6-18(19)25/h3-8,10,16H,9,11H2,1-2H3,(H,27,31). The van der Waals surface area contributed by atoms with Gasteiger partial charge in [0.25, 0.3) is 5.56 Å². The Kier molecular flexibility index (Phi) is 5.24. The van der Waals surface area contributed by atoms with Crippen LogP contribution in [0.4, 0.5) is 14.5 Å². The molecule has 0 saturated carbocycles. The zero-order valence-electron chi connectivity index (χ0n) is 17.8. The molecule has 3 heterocycles. The van der Waals surface area contributed by atoms with Gasteiger partial charge >= 0.3 is 0 Å². The van der Waals surface area contributed by atoms with E-state index < -0.39 is 23.6 Å². The zero-order chi connectivity index (χ0) is 23.3. The van der Waals surface area contributed by atoms with Crippen LogP contribution in [0.2, 0.25) is 0 Å². The van der Waals surface area contributed by atoms with Crippen LogP contribution in [0.25, 0.3) is 16.7 Å². The summed E-state index contributed by atoms with van der Waals surface area (Å²) in [4.78, 5) is 30.4. The van der Waals surface area contributed by atoms with Crippen molar-refractivity contribution in [3.05, 3.63) is 75.7 Å². The lowest BCUT2D eigenvalue weighted by atomic mass is 10.1. The minimum Gasteiger partial charge on any atom is -0.323 e. The second-order valence-corrected chi connectivity index (χ2v) is 8.96. The number of nitrogens with one attached hydrogen (secondary N) is 1. The molecule has 0 fully saturated rings. The SMILES string of the molecule is Cc1ccc(-n2ncc3c(=O)n4c(nc32)SCC4CC(=O)Nc2cc(F)ccc2F)cc1C. The minimum atomic E-state index is -0.731. The highest BCUT2D eigenvalue weighted by molar-refractivity contribution is 7.99. The molecule has 1 atom stereocenters. The number of hydrogen-bond donors (Lipinski definition) is 1. The van der Waals surface area contributed by atoms with E-state index in [1.807, 2.05) is 32.0 Å². The Morgan fingerprint density at radius 3 is 2.79 bits per heavy atom. The second-order valence-electron chi connectivity index (χ2n) is 7.97. The molecule has 1 amide bonds. The Balaban J connectivity index is 1.45. The van der Waals surface area contributed by atoms with Gasteiger partial charge in [-0.15, -0.1) is 0 Å². The predicted octanol–water partition coefficient (Wildman–Crippen LogP) is 4.15. The molecule has 2 aromatic heterocycles. The first-order chi connectivity index (χ1) is 15.8. The Morgan fingerprint density at radius 2 is 2.00 bits per heavy atom. The smallest absolute Gasteiger partial charge is 0.265 e. The molecule has 33 heavy (non-hydrogen) atoms. The Labute approximate surface area is 191 Å². The Hall–Kier alpha value is -3.53. The highest BCUT2D eigenvalue weighted by atomic mass is 32.2. The van der Waals surface area contributed by atoms with Crippen molar-refractivity contribution in [2.45, 2.75) is 31.5 Å². The van der Waals surface area contributed by atoms with Gasteiger partial charge in [-0.05, 0) is 49.2 Å². The molecule has 1 N–H and O–H groups in total. The quantitative estimate of drug-likeness (QED) is 0.456. The fourth-order valence-corrected chi connectivity index (χ4v) is 4.97. The number of nitrogens with zero attached hydrogens (tertiary/aromatic N) is 4. The number of benzene rings is 2. The molecule has 168 valence electrons. The summed E-state index contributed by atoms with van der Waals surface area (Å²) in [5.74, 6) is -1.44. The summed E-state index contributed by atoms with van der Waals surface area (Å²) in [5, 5.41) is 7.60. The van der Waals surface area contributed by atoms with Crippen molar-refractivity contribution < 1.29 is 13.6 Å². The maximum Gasteiger partial charge on any atom is 0.265 e. The van der Waals surface area contributed by atoms with Gasteiger partial charge in [0.1, 0.15) is 17.0 Å². The minimum absolute atomic E-state index is 0.0751. The Bertz CT molecular complexity index is 1480. The van der Waals surface area contributed by atoms with E-state index in [9.17, 15) is 18.4 Å². The van der Waals surface area contributed by atoms with Crippen LogP contribution in [0, 0.1) is 25.5 Å². The molecule has 1 aliphatic heterocycles. The van der Waals surface area contributed by atoms with Crippen LogP contribution in [0.5, 0.6) is 0 Å². The summed E-state index contributed by atoms with van der Waals surface area (Å²) in [5.41, 5.74) is 2.99. The third kappa shape index (κ3) is 3.80. The summed E-state index contributed by atoms with van der Waals surface area (Å²) in [6.45, 7) is 4.03. The van der Waals surface area contributed by atoms with Crippen LogP contribution in [-0.4, -0.2) is 31.0 Å². The molecular formula is C23H19F2N5O2S. The number of carbonyl (C=O) groups excluding carboxylic acids is 1. The third-order valence-corrected chi connectivity index (χ3v) is 6.83. The number of fused-ring (bicyclic) bond motifs is 2. The fourth-order valence-electron chi connectivity index (χ4n) is 3.84. The maximum absolute atomic E-state index is 13.9. The summed E-state index contributed by atoms with van der Waals surface area (Å²) in [6, 6.07) is 8.28. The van der Waals surface area contributed by atoms with E-state index in [0.29, 0.717) is 21.9 Å². The normalized spacial score (nSPS) is 15.1. The average Bonchev–Trinajstić information content (AvgIpc) is 3.38. The number of aromatic nitrogens is 4. The number of anilines is 1. The second kappa shape index (κ2) is 8.11. The van der Waals surface area contributed by atoms with Crippen LogP contribution in [0.15, 0.2) is 52.5 Å². The van der Waals surface area contributed by atoms with E-state index in [2.05, 4.69) is 15.4 Å². The van der Waals surface area contributed by atoms with E-state index in [0.717, 1.165) is 35.0 Å². The predicted molar refractivity (Wildman–Crippen MR) is 122 cm³/mol. The molecule has 7 nitrogen and oxygen atoms in total. The number of rotatable bonds is 4. The van der Waals surface area contributed by atoms with Crippen molar-refractivity contribution in [1.82, 2.24) is 19.3 Å². The third-order valence-electron chi connectivity index (χ3n) is 5.73. The maximum atomic E-state index is 13.9. The van der Waals surface area contributed by atoms with Gasteiger partial charge in [-0.1, -0.05) is 17.8 Å². The first kappa shape index (κ1) is 21.3. The van der Waals surface area contributed by atoms with Crippen LogP contribution in [0.3, 0.4) is 0 Å². The Morgan fingerprint density at radius 1 is 1.18 bits per heavy atom. The number of amides is 1. The molecule has 0 aliphatic carbocycles. The molecule has 1 unspecified atom stereocenters. The lowest BCUT2D eigenvalue weighted by Gasteiger charge is -2.14. The average molecular weight is 468 g/mol. The number of thioether (sulfide) groups is 1. The van der Waals surface area contributed by atoms with E-state index in [1.54, 1.807) is 4.68 Å². The van der Waals surface area contributed by atoms with E-state index >= 15 is 0 Å². The van der Waals surface area contributed by atoms with Gasteiger partial charge in [-0.3, -0.25) is 14.2 Å². The van der Waals surface area contributed by atoms with E-state index in [-0.39, 0.29) is 17.7 Å². The lowest BCUT2D eigenvalue weighted by molar-refractivity contribution is -0.116. The van der Waals surface area contributed by atoms with Gasteiger partial charge in [0, 0.05) is 18.2 Å². The molecule has 10 heteroatoms. The topological polar surface area (TPSA) is 81.8 Å². The van der Waals surface area contributed by atoms with Crippen molar-refractivity contribution in [2.24, 2.45) is 0 Å². The number of carbonyl (C=O) groups is 1. The molecule has 0 spiro atoms. The summed E-state index contributed by atoms with van der Waals surface area (Å²) in [7, 11) is 0. The number of hydrogen-bond acceptors (Lipinski definition) is 5. The van der Waals surface area contributed by atoms with Crippen LogP contribution < -0.4 is 10.9 Å². The zero-order valence-corrected chi connectivity index (χ0v) is 18.6. The van der Waals surface area contributed by atoms with Gasteiger partial charge in [0.05, 0.1) is 23.6 Å². The summed E-state index contributed by atoms with van der Waals surface area (Å²) < 4.78 is 30.4. The van der Waals surface area contributed by atoms with Gasteiger partial charge in [-0.25, -0.2) is 18.4 Å². The highest BCUT2D eigenvalue weighted by Crippen LogP contribution is 2.33. The van der Waals surface area contributed by atoms with Crippen molar-refractivity contribution in [2.75, 3.05) is 11.1 Å². The fraction of sp³-hybridized carbons (Fsp3) is 0.217. The molecule has 4 aromatic rings. The van der Waals surface area contributed by atoms with Crippen molar-refractivity contribution in [1.29, 1.82) is 0 Å². The van der Waals surface area contributed by atoms with Crippen LogP contribution >= 0.6 is 11.8 Å². The van der Waals surface area contributed by atoms with Crippen molar-refractivity contribution in [3.63, 3.8) is 0 Å². The monoisotopic (exact) mass is 467 g/mol.